The highest BCUT2D eigenvalue weighted by Crippen LogP contribution is 2.23. The lowest BCUT2D eigenvalue weighted by atomic mass is 10.2. The van der Waals surface area contributed by atoms with Gasteiger partial charge < -0.3 is 4.90 Å². The lowest BCUT2D eigenvalue weighted by molar-refractivity contribution is 0.0780. The van der Waals surface area contributed by atoms with Gasteiger partial charge in [-0.2, -0.15) is 0 Å². The van der Waals surface area contributed by atoms with Crippen LogP contribution in [0.25, 0.3) is 5.65 Å². The van der Waals surface area contributed by atoms with Gasteiger partial charge in [0.15, 0.2) is 0 Å². The number of halogens is 1. The van der Waals surface area contributed by atoms with E-state index in [0.717, 1.165) is 0 Å². The van der Waals surface area contributed by atoms with Gasteiger partial charge >= 0.3 is 0 Å². The first-order valence-electron chi connectivity index (χ1n) is 7.18. The predicted octanol–water partition coefficient (Wildman–Crippen LogP) is 1.05. The van der Waals surface area contributed by atoms with Crippen molar-refractivity contribution in [1.82, 2.24) is 14.3 Å². The van der Waals surface area contributed by atoms with Crippen molar-refractivity contribution in [2.24, 2.45) is 11.1 Å². The highest BCUT2D eigenvalue weighted by atomic mass is 35.5. The van der Waals surface area contributed by atoms with Gasteiger partial charge in [-0.3, -0.25) is 9.20 Å². The molecule has 0 radical (unpaired) electrons. The Hall–Kier alpha value is -1.64. The van der Waals surface area contributed by atoms with Crippen molar-refractivity contribution in [3.8, 4) is 0 Å². The molecular formula is C14H17ClN4O3S. The fourth-order valence-electron chi connectivity index (χ4n) is 3.03. The molecule has 0 aromatic carbocycles. The van der Waals surface area contributed by atoms with E-state index >= 15 is 0 Å². The van der Waals surface area contributed by atoms with Crippen molar-refractivity contribution >= 4 is 33.2 Å². The molecule has 0 unspecified atom stereocenters. The van der Waals surface area contributed by atoms with Gasteiger partial charge in [0.05, 0.1) is 16.5 Å². The van der Waals surface area contributed by atoms with Crippen LogP contribution in [0.1, 0.15) is 22.6 Å². The predicted molar refractivity (Wildman–Crippen MR) is 86.9 cm³/mol. The van der Waals surface area contributed by atoms with Crippen molar-refractivity contribution < 1.29 is 13.2 Å². The zero-order valence-electron chi connectivity index (χ0n) is 12.6. The van der Waals surface area contributed by atoms with Crippen LogP contribution < -0.4 is 5.14 Å². The second-order valence-corrected chi connectivity index (χ2v) is 7.95. The molecule has 1 atom stereocenters. The quantitative estimate of drug-likeness (QED) is 0.888. The van der Waals surface area contributed by atoms with Crippen LogP contribution in [0.5, 0.6) is 0 Å². The third-order valence-electron chi connectivity index (χ3n) is 4.00. The maximum absolute atomic E-state index is 12.8. The summed E-state index contributed by atoms with van der Waals surface area (Å²) in [6.45, 7) is 2.65. The minimum absolute atomic E-state index is 0.102. The summed E-state index contributed by atoms with van der Waals surface area (Å²) in [6.07, 6.45) is 2.28. The smallest absolute Gasteiger partial charge is 0.272 e. The van der Waals surface area contributed by atoms with E-state index in [2.05, 4.69) is 4.98 Å². The molecule has 1 saturated heterocycles. The number of nitrogens with zero attached hydrogens (tertiary/aromatic N) is 3. The number of hydrogen-bond acceptors (Lipinski definition) is 4. The second kappa shape index (κ2) is 5.77. The molecule has 0 spiro atoms. The van der Waals surface area contributed by atoms with Gasteiger partial charge in [0, 0.05) is 19.3 Å². The minimum atomic E-state index is -3.53. The topological polar surface area (TPSA) is 97.8 Å². The Kier molecular flexibility index (Phi) is 4.07. The molecule has 7 nitrogen and oxygen atoms in total. The number of primary sulfonamides is 1. The molecule has 0 saturated carbocycles. The van der Waals surface area contributed by atoms with Gasteiger partial charge in [-0.15, -0.1) is 0 Å². The first kappa shape index (κ1) is 16.2. The standard InChI is InChI=1S/C14H17ClN4O3S/c1-9-13(19-7-11(15)2-3-12(19)17-9)14(20)18-5-4-10(6-18)8-23(16,21)22/h2-3,7,10H,4-6,8H2,1H3,(H2,16,21,22)/t10-/m0/s1. The summed E-state index contributed by atoms with van der Waals surface area (Å²) in [6, 6.07) is 3.47. The molecule has 2 aromatic heterocycles. The zero-order chi connectivity index (χ0) is 16.8. The number of carbonyl (C=O) groups excluding carboxylic acids is 1. The number of hydrogen-bond donors (Lipinski definition) is 1. The Morgan fingerprint density at radius 2 is 2.22 bits per heavy atom. The second-order valence-electron chi connectivity index (χ2n) is 5.86. The molecule has 1 fully saturated rings. The van der Waals surface area contributed by atoms with Crippen molar-refractivity contribution in [2.75, 3.05) is 18.8 Å². The van der Waals surface area contributed by atoms with E-state index in [0.29, 0.717) is 41.6 Å². The van der Waals surface area contributed by atoms with Crippen LogP contribution in [0.15, 0.2) is 18.3 Å². The zero-order valence-corrected chi connectivity index (χ0v) is 14.1. The number of aromatic nitrogens is 2. The fourth-order valence-corrected chi connectivity index (χ4v) is 4.12. The highest BCUT2D eigenvalue weighted by Gasteiger charge is 2.31. The molecular weight excluding hydrogens is 340 g/mol. The maximum Gasteiger partial charge on any atom is 0.272 e. The number of likely N-dealkylation sites (tertiary alicyclic amines) is 1. The summed E-state index contributed by atoms with van der Waals surface area (Å²) < 4.78 is 24.1. The number of imidazole rings is 1. The molecule has 1 aliphatic heterocycles. The van der Waals surface area contributed by atoms with Crippen LogP contribution in [0.2, 0.25) is 5.02 Å². The van der Waals surface area contributed by atoms with Gasteiger partial charge in [0.25, 0.3) is 5.91 Å². The summed E-state index contributed by atoms with van der Waals surface area (Å²) in [4.78, 5) is 18.8. The Bertz CT molecular complexity index is 878. The molecule has 1 aliphatic rings. The van der Waals surface area contributed by atoms with E-state index in [1.165, 1.54) is 0 Å². The number of amides is 1. The summed E-state index contributed by atoms with van der Waals surface area (Å²) in [5.41, 5.74) is 1.72. The summed E-state index contributed by atoms with van der Waals surface area (Å²) >= 11 is 6.01. The van der Waals surface area contributed by atoms with E-state index in [-0.39, 0.29) is 17.6 Å². The summed E-state index contributed by atoms with van der Waals surface area (Å²) in [7, 11) is -3.53. The number of rotatable bonds is 3. The van der Waals surface area contributed by atoms with E-state index in [1.807, 2.05) is 0 Å². The molecule has 9 heteroatoms. The summed E-state index contributed by atoms with van der Waals surface area (Å²) in [5.74, 6) is -0.402. The number of fused-ring (bicyclic) bond motifs is 1. The number of nitrogens with two attached hydrogens (primary N) is 1. The van der Waals surface area contributed by atoms with Gasteiger partial charge in [-0.05, 0) is 31.4 Å². The first-order valence-corrected chi connectivity index (χ1v) is 9.28. The Labute approximate surface area is 139 Å². The average Bonchev–Trinajstić information content (AvgIpc) is 3.00. The summed E-state index contributed by atoms with van der Waals surface area (Å²) in [5, 5.41) is 5.60. The van der Waals surface area contributed by atoms with E-state index in [1.54, 1.807) is 34.6 Å². The SMILES string of the molecule is Cc1nc2ccc(Cl)cn2c1C(=O)N1CC[C@H](CS(N)(=O)=O)C1. The molecule has 0 bridgehead atoms. The molecule has 3 rings (SSSR count). The van der Waals surface area contributed by atoms with Crippen LogP contribution in [0.3, 0.4) is 0 Å². The fraction of sp³-hybridized carbons (Fsp3) is 0.429. The Balaban J connectivity index is 1.87. The first-order chi connectivity index (χ1) is 10.7. The van der Waals surface area contributed by atoms with Crippen LogP contribution >= 0.6 is 11.6 Å². The number of aryl methyl sites for hydroxylation is 1. The minimum Gasteiger partial charge on any atom is -0.337 e. The molecule has 124 valence electrons. The largest absolute Gasteiger partial charge is 0.337 e. The van der Waals surface area contributed by atoms with Crippen LogP contribution in [-0.4, -0.2) is 47.5 Å². The Morgan fingerprint density at radius 3 is 2.91 bits per heavy atom. The molecule has 1 amide bonds. The lowest BCUT2D eigenvalue weighted by Gasteiger charge is -2.16. The molecule has 2 aromatic rings. The van der Waals surface area contributed by atoms with E-state index < -0.39 is 10.0 Å². The lowest BCUT2D eigenvalue weighted by Crippen LogP contribution is -2.32. The van der Waals surface area contributed by atoms with Crippen LogP contribution in [-0.2, 0) is 10.0 Å². The third-order valence-corrected chi connectivity index (χ3v) is 5.16. The molecule has 23 heavy (non-hydrogen) atoms. The van der Waals surface area contributed by atoms with Crippen molar-refractivity contribution in [1.29, 1.82) is 0 Å². The van der Waals surface area contributed by atoms with Gasteiger partial charge in [0.2, 0.25) is 10.0 Å². The maximum atomic E-state index is 12.8. The Morgan fingerprint density at radius 1 is 1.48 bits per heavy atom. The molecule has 0 aliphatic carbocycles. The number of sulfonamides is 1. The van der Waals surface area contributed by atoms with Crippen molar-refractivity contribution in [2.45, 2.75) is 13.3 Å². The highest BCUT2D eigenvalue weighted by molar-refractivity contribution is 7.89. The van der Waals surface area contributed by atoms with Gasteiger partial charge in [0.1, 0.15) is 11.3 Å². The number of pyridine rings is 1. The van der Waals surface area contributed by atoms with E-state index in [4.69, 9.17) is 16.7 Å². The van der Waals surface area contributed by atoms with Crippen molar-refractivity contribution in [3.05, 3.63) is 34.7 Å². The van der Waals surface area contributed by atoms with E-state index in [9.17, 15) is 13.2 Å². The van der Waals surface area contributed by atoms with Crippen LogP contribution in [0, 0.1) is 12.8 Å². The molecule has 3 heterocycles. The number of carbonyl (C=O) groups is 1. The van der Waals surface area contributed by atoms with Gasteiger partial charge in [-0.1, -0.05) is 11.6 Å². The third kappa shape index (κ3) is 3.34. The van der Waals surface area contributed by atoms with Crippen LogP contribution in [0.4, 0.5) is 0 Å². The monoisotopic (exact) mass is 356 g/mol. The normalized spacial score (nSPS) is 18.7. The molecule has 2 N–H and O–H groups in total. The average molecular weight is 357 g/mol. The van der Waals surface area contributed by atoms with Crippen molar-refractivity contribution in [3.63, 3.8) is 0 Å². The van der Waals surface area contributed by atoms with Gasteiger partial charge in [-0.25, -0.2) is 18.5 Å².